The monoisotopic (exact) mass is 380 g/mol. The van der Waals surface area contributed by atoms with E-state index in [1.165, 1.54) is 0 Å². The fraction of sp³-hybridized carbons (Fsp3) is 0.318. The third kappa shape index (κ3) is 3.91. The molecule has 1 heterocycles. The zero-order chi connectivity index (χ0) is 20.1. The highest BCUT2D eigenvalue weighted by molar-refractivity contribution is 6.09. The van der Waals surface area contributed by atoms with Crippen LogP contribution in [0.5, 0.6) is 0 Å². The first-order valence-corrected chi connectivity index (χ1v) is 9.34. The Morgan fingerprint density at radius 1 is 1.07 bits per heavy atom. The summed E-state index contributed by atoms with van der Waals surface area (Å²) in [6, 6.07) is 17.3. The molecule has 6 heteroatoms. The first-order chi connectivity index (χ1) is 13.4. The SMILES string of the molecule is CN1C(=O)[C@](CC(=O)NCCCC(=O)O)(Cc2ccccc2)c2ccccc21. The summed E-state index contributed by atoms with van der Waals surface area (Å²) in [7, 11) is 1.73. The molecule has 6 nitrogen and oxygen atoms in total. The van der Waals surface area contributed by atoms with Crippen LogP contribution >= 0.6 is 0 Å². The second-order valence-corrected chi connectivity index (χ2v) is 7.15. The molecule has 0 saturated carbocycles. The Hall–Kier alpha value is -3.15. The maximum absolute atomic E-state index is 13.3. The van der Waals surface area contributed by atoms with E-state index in [0.29, 0.717) is 12.8 Å². The Balaban J connectivity index is 1.87. The fourth-order valence-corrected chi connectivity index (χ4v) is 3.87. The van der Waals surface area contributed by atoms with Crippen molar-refractivity contribution in [2.45, 2.75) is 31.1 Å². The molecule has 0 bridgehead atoms. The fourth-order valence-electron chi connectivity index (χ4n) is 3.87. The maximum atomic E-state index is 13.3. The maximum Gasteiger partial charge on any atom is 0.303 e. The number of hydrogen-bond donors (Lipinski definition) is 2. The van der Waals surface area contributed by atoms with Gasteiger partial charge in [0.25, 0.3) is 0 Å². The van der Waals surface area contributed by atoms with Crippen LogP contribution in [0.25, 0.3) is 0 Å². The number of hydrogen-bond acceptors (Lipinski definition) is 3. The number of carbonyl (C=O) groups is 3. The summed E-state index contributed by atoms with van der Waals surface area (Å²) in [6.07, 6.45) is 0.808. The molecular formula is C22H24N2O4. The molecule has 0 saturated heterocycles. The molecule has 2 aromatic rings. The number of likely N-dealkylation sites (N-methyl/N-ethyl adjacent to an activating group) is 1. The molecule has 0 aliphatic carbocycles. The van der Waals surface area contributed by atoms with E-state index in [-0.39, 0.29) is 31.2 Å². The Bertz CT molecular complexity index is 881. The Labute approximate surface area is 164 Å². The van der Waals surface area contributed by atoms with Crippen molar-refractivity contribution in [3.63, 3.8) is 0 Å². The number of carboxylic acid groups (broad SMARTS) is 1. The number of amides is 2. The van der Waals surface area contributed by atoms with Crippen LogP contribution in [0.3, 0.4) is 0 Å². The number of benzene rings is 2. The molecule has 2 amide bonds. The Kier molecular flexibility index (Phi) is 5.78. The average molecular weight is 380 g/mol. The minimum Gasteiger partial charge on any atom is -0.481 e. The molecule has 0 aromatic heterocycles. The molecule has 0 spiro atoms. The predicted molar refractivity (Wildman–Crippen MR) is 106 cm³/mol. The Morgan fingerprint density at radius 2 is 1.75 bits per heavy atom. The van der Waals surface area contributed by atoms with Crippen LogP contribution in [-0.4, -0.2) is 36.5 Å². The van der Waals surface area contributed by atoms with E-state index in [2.05, 4.69) is 5.32 Å². The van der Waals surface area contributed by atoms with Crippen molar-refractivity contribution in [1.82, 2.24) is 5.32 Å². The molecule has 3 rings (SSSR count). The highest BCUT2D eigenvalue weighted by atomic mass is 16.4. The third-order valence-electron chi connectivity index (χ3n) is 5.20. The molecule has 0 unspecified atom stereocenters. The summed E-state index contributed by atoms with van der Waals surface area (Å²) in [4.78, 5) is 38.2. The molecular weight excluding hydrogens is 356 g/mol. The summed E-state index contributed by atoms with van der Waals surface area (Å²) in [5, 5.41) is 11.5. The molecule has 0 radical (unpaired) electrons. The standard InChI is InChI=1S/C22H24N2O4/c1-24-18-11-6-5-10-17(18)22(21(24)28,14-16-8-3-2-4-9-16)15-19(25)23-13-7-12-20(26)27/h2-6,8-11H,7,12-15H2,1H3,(H,23,25)(H,26,27)/t22-/m0/s1. The summed E-state index contributed by atoms with van der Waals surface area (Å²) >= 11 is 0. The van der Waals surface area contributed by atoms with Crippen LogP contribution in [0.4, 0.5) is 5.69 Å². The number of anilines is 1. The van der Waals surface area contributed by atoms with E-state index in [0.717, 1.165) is 16.8 Å². The molecule has 1 aliphatic heterocycles. The molecule has 2 aromatic carbocycles. The highest BCUT2D eigenvalue weighted by Gasteiger charge is 2.50. The molecule has 1 aliphatic rings. The Morgan fingerprint density at radius 3 is 2.46 bits per heavy atom. The number of rotatable bonds is 8. The van der Waals surface area contributed by atoms with Gasteiger partial charge in [0.2, 0.25) is 11.8 Å². The van der Waals surface area contributed by atoms with E-state index in [1.54, 1.807) is 11.9 Å². The van der Waals surface area contributed by atoms with Crippen molar-refractivity contribution in [2.75, 3.05) is 18.5 Å². The molecule has 28 heavy (non-hydrogen) atoms. The van der Waals surface area contributed by atoms with E-state index in [9.17, 15) is 14.4 Å². The summed E-state index contributed by atoms with van der Waals surface area (Å²) in [5.74, 6) is -1.24. The second-order valence-electron chi connectivity index (χ2n) is 7.15. The van der Waals surface area contributed by atoms with Gasteiger partial charge in [0.15, 0.2) is 0 Å². The lowest BCUT2D eigenvalue weighted by Crippen LogP contribution is -2.44. The van der Waals surface area contributed by atoms with Gasteiger partial charge in [-0.05, 0) is 30.0 Å². The van der Waals surface area contributed by atoms with Crippen molar-refractivity contribution < 1.29 is 19.5 Å². The van der Waals surface area contributed by atoms with Gasteiger partial charge in [-0.25, -0.2) is 0 Å². The quantitative estimate of drug-likeness (QED) is 0.689. The number of fused-ring (bicyclic) bond motifs is 1. The van der Waals surface area contributed by atoms with Crippen LogP contribution in [0.15, 0.2) is 54.6 Å². The zero-order valence-corrected chi connectivity index (χ0v) is 15.9. The lowest BCUT2D eigenvalue weighted by atomic mass is 9.73. The number of aliphatic carboxylic acids is 1. The smallest absolute Gasteiger partial charge is 0.303 e. The molecule has 2 N–H and O–H groups in total. The molecule has 0 fully saturated rings. The number of nitrogens with zero attached hydrogens (tertiary/aromatic N) is 1. The van der Waals surface area contributed by atoms with Crippen LogP contribution in [0, 0.1) is 0 Å². The van der Waals surface area contributed by atoms with Crippen LogP contribution < -0.4 is 10.2 Å². The van der Waals surface area contributed by atoms with Gasteiger partial charge in [0.1, 0.15) is 0 Å². The summed E-state index contributed by atoms with van der Waals surface area (Å²) < 4.78 is 0. The van der Waals surface area contributed by atoms with Crippen molar-refractivity contribution in [3.05, 3.63) is 65.7 Å². The lowest BCUT2D eigenvalue weighted by Gasteiger charge is -2.28. The minimum atomic E-state index is -0.969. The third-order valence-corrected chi connectivity index (χ3v) is 5.20. The highest BCUT2D eigenvalue weighted by Crippen LogP contribution is 2.45. The van der Waals surface area contributed by atoms with Gasteiger partial charge in [-0.2, -0.15) is 0 Å². The van der Waals surface area contributed by atoms with Gasteiger partial charge in [-0.1, -0.05) is 48.5 Å². The van der Waals surface area contributed by atoms with Crippen LogP contribution in [0.2, 0.25) is 0 Å². The van der Waals surface area contributed by atoms with E-state index < -0.39 is 11.4 Å². The van der Waals surface area contributed by atoms with E-state index in [1.807, 2.05) is 54.6 Å². The van der Waals surface area contributed by atoms with Crippen LogP contribution in [0.1, 0.15) is 30.4 Å². The van der Waals surface area contributed by atoms with Crippen molar-refractivity contribution in [1.29, 1.82) is 0 Å². The van der Waals surface area contributed by atoms with Crippen LogP contribution in [-0.2, 0) is 26.2 Å². The normalized spacial score (nSPS) is 18.0. The predicted octanol–water partition coefficient (Wildman–Crippen LogP) is 2.51. The van der Waals surface area contributed by atoms with Gasteiger partial charge >= 0.3 is 5.97 Å². The first-order valence-electron chi connectivity index (χ1n) is 9.34. The van der Waals surface area contributed by atoms with Gasteiger partial charge in [-0.15, -0.1) is 0 Å². The van der Waals surface area contributed by atoms with E-state index >= 15 is 0 Å². The van der Waals surface area contributed by atoms with E-state index in [4.69, 9.17) is 5.11 Å². The summed E-state index contributed by atoms with van der Waals surface area (Å²) in [6.45, 7) is 0.276. The average Bonchev–Trinajstić information content (AvgIpc) is 2.88. The lowest BCUT2D eigenvalue weighted by molar-refractivity contribution is -0.137. The van der Waals surface area contributed by atoms with Gasteiger partial charge in [-0.3, -0.25) is 14.4 Å². The number of nitrogens with one attached hydrogen (secondary N) is 1. The van der Waals surface area contributed by atoms with Crippen molar-refractivity contribution in [2.24, 2.45) is 0 Å². The van der Waals surface area contributed by atoms with Crippen molar-refractivity contribution >= 4 is 23.5 Å². The second kappa shape index (κ2) is 8.25. The van der Waals surface area contributed by atoms with Gasteiger partial charge in [0.05, 0.1) is 5.41 Å². The first kappa shape index (κ1) is 19.6. The van der Waals surface area contributed by atoms with Gasteiger partial charge in [0, 0.05) is 32.1 Å². The number of carbonyl (C=O) groups excluding carboxylic acids is 2. The zero-order valence-electron chi connectivity index (χ0n) is 15.9. The van der Waals surface area contributed by atoms with Gasteiger partial charge < -0.3 is 15.3 Å². The number of para-hydroxylation sites is 1. The van der Waals surface area contributed by atoms with Crippen molar-refractivity contribution in [3.8, 4) is 0 Å². The largest absolute Gasteiger partial charge is 0.481 e. The summed E-state index contributed by atoms with van der Waals surface area (Å²) in [5.41, 5.74) is 1.69. The minimum absolute atomic E-state index is 0.0000596. The molecule has 1 atom stereocenters. The topological polar surface area (TPSA) is 86.7 Å². The molecule has 146 valence electrons. The number of carboxylic acids is 1.